The van der Waals surface area contributed by atoms with E-state index in [0.29, 0.717) is 17.5 Å². The summed E-state index contributed by atoms with van der Waals surface area (Å²) >= 11 is 0. The maximum atomic E-state index is 11.2. The molecule has 0 radical (unpaired) electrons. The third-order valence-corrected chi connectivity index (χ3v) is 5.04. The van der Waals surface area contributed by atoms with Crippen molar-refractivity contribution in [3.8, 4) is 16.9 Å². The number of carbonyl (C=O) groups is 1. The van der Waals surface area contributed by atoms with E-state index in [2.05, 4.69) is 21.2 Å². The lowest BCUT2D eigenvalue weighted by Gasteiger charge is -2.26. The predicted molar refractivity (Wildman–Crippen MR) is 106 cm³/mol. The van der Waals surface area contributed by atoms with Crippen molar-refractivity contribution in [1.82, 2.24) is 15.1 Å². The second-order valence-corrected chi connectivity index (χ2v) is 6.92. The summed E-state index contributed by atoms with van der Waals surface area (Å²) in [6.45, 7) is 7.09. The van der Waals surface area contributed by atoms with E-state index in [1.807, 2.05) is 31.2 Å². The van der Waals surface area contributed by atoms with E-state index in [0.717, 1.165) is 55.3 Å². The molecule has 0 atom stereocenters. The molecular weight excluding hydrogens is 358 g/mol. The second-order valence-electron chi connectivity index (χ2n) is 6.92. The molecule has 0 aliphatic carbocycles. The number of aromatic amines is 1. The predicted octanol–water partition coefficient (Wildman–Crippen LogP) is 2.95. The van der Waals surface area contributed by atoms with Crippen molar-refractivity contribution < 1.29 is 19.4 Å². The number of aryl methyl sites for hydroxylation is 1. The highest BCUT2D eigenvalue weighted by molar-refractivity contribution is 6.01. The summed E-state index contributed by atoms with van der Waals surface area (Å²) < 4.78 is 11.3. The van der Waals surface area contributed by atoms with E-state index in [9.17, 15) is 9.90 Å². The third kappa shape index (κ3) is 3.85. The number of morpholine rings is 1. The summed E-state index contributed by atoms with van der Waals surface area (Å²) in [7, 11) is 0. The molecule has 2 aromatic carbocycles. The van der Waals surface area contributed by atoms with Crippen LogP contribution in [0.2, 0.25) is 0 Å². The van der Waals surface area contributed by atoms with Gasteiger partial charge in [0.1, 0.15) is 12.4 Å². The fraction of sp³-hybridized carbons (Fsp3) is 0.333. The number of H-pyrrole nitrogens is 1. The van der Waals surface area contributed by atoms with Crippen molar-refractivity contribution >= 4 is 16.9 Å². The van der Waals surface area contributed by atoms with Crippen LogP contribution in [0.25, 0.3) is 22.0 Å². The first-order chi connectivity index (χ1) is 13.6. The molecule has 1 aliphatic heterocycles. The van der Waals surface area contributed by atoms with Gasteiger partial charge in [-0.05, 0) is 47.9 Å². The number of hydrogen-bond acceptors (Lipinski definition) is 5. The number of hydrogen-bond donors (Lipinski definition) is 2. The number of benzene rings is 2. The summed E-state index contributed by atoms with van der Waals surface area (Å²) in [5.41, 5.74) is 3.86. The maximum absolute atomic E-state index is 11.2. The van der Waals surface area contributed by atoms with Gasteiger partial charge in [0.15, 0.2) is 5.69 Å². The van der Waals surface area contributed by atoms with Crippen molar-refractivity contribution in [2.75, 3.05) is 39.5 Å². The fourth-order valence-electron chi connectivity index (χ4n) is 3.46. The molecule has 3 aromatic rings. The van der Waals surface area contributed by atoms with Gasteiger partial charge in [0.05, 0.1) is 18.7 Å². The van der Waals surface area contributed by atoms with Gasteiger partial charge in [0.25, 0.3) is 0 Å². The van der Waals surface area contributed by atoms with Crippen LogP contribution in [0.1, 0.15) is 16.1 Å². The number of nitrogens with one attached hydrogen (secondary N) is 1. The van der Waals surface area contributed by atoms with Gasteiger partial charge in [0, 0.05) is 25.0 Å². The normalized spacial score (nSPS) is 15.0. The Balaban J connectivity index is 1.46. The number of rotatable bonds is 6. The SMILES string of the molecule is Cc1cc(-c2ccc3c(C(=O)O)n[nH]c3c2)ccc1OCCN1CCOCC1. The van der Waals surface area contributed by atoms with Gasteiger partial charge >= 0.3 is 5.97 Å². The van der Waals surface area contributed by atoms with Crippen LogP contribution in [0, 0.1) is 6.92 Å². The van der Waals surface area contributed by atoms with Crippen LogP contribution < -0.4 is 4.74 Å². The molecule has 7 nitrogen and oxygen atoms in total. The Labute approximate surface area is 162 Å². The lowest BCUT2D eigenvalue weighted by Crippen LogP contribution is -2.38. The molecule has 28 heavy (non-hydrogen) atoms. The van der Waals surface area contributed by atoms with E-state index < -0.39 is 5.97 Å². The van der Waals surface area contributed by atoms with Gasteiger partial charge in [-0.1, -0.05) is 12.1 Å². The molecule has 1 aliphatic rings. The molecule has 0 unspecified atom stereocenters. The smallest absolute Gasteiger partial charge is 0.357 e. The number of carboxylic acid groups (broad SMARTS) is 1. The van der Waals surface area contributed by atoms with Crippen molar-refractivity contribution in [2.24, 2.45) is 0 Å². The minimum absolute atomic E-state index is 0.0433. The highest BCUT2D eigenvalue weighted by Crippen LogP contribution is 2.29. The van der Waals surface area contributed by atoms with Gasteiger partial charge in [-0.25, -0.2) is 4.79 Å². The zero-order valence-electron chi connectivity index (χ0n) is 15.8. The molecule has 0 saturated carbocycles. The van der Waals surface area contributed by atoms with Gasteiger partial charge < -0.3 is 14.6 Å². The Hall–Kier alpha value is -2.90. The average Bonchev–Trinajstić information content (AvgIpc) is 3.13. The molecular formula is C21H23N3O4. The van der Waals surface area contributed by atoms with Crippen LogP contribution in [-0.4, -0.2) is 65.6 Å². The molecule has 1 aromatic heterocycles. The molecule has 1 fully saturated rings. The summed E-state index contributed by atoms with van der Waals surface area (Å²) in [4.78, 5) is 13.5. The number of ether oxygens (including phenoxy) is 2. The van der Waals surface area contributed by atoms with Crippen molar-refractivity contribution in [1.29, 1.82) is 0 Å². The molecule has 0 bridgehead atoms. The van der Waals surface area contributed by atoms with Crippen molar-refractivity contribution in [3.05, 3.63) is 47.7 Å². The first-order valence-electron chi connectivity index (χ1n) is 9.37. The summed E-state index contributed by atoms with van der Waals surface area (Å²) in [5.74, 6) is -0.152. The molecule has 0 spiro atoms. The van der Waals surface area contributed by atoms with Crippen LogP contribution in [0.3, 0.4) is 0 Å². The lowest BCUT2D eigenvalue weighted by atomic mass is 10.0. The monoisotopic (exact) mass is 381 g/mol. The summed E-state index contributed by atoms with van der Waals surface area (Å²) in [6.07, 6.45) is 0. The van der Waals surface area contributed by atoms with Crippen LogP contribution in [0.4, 0.5) is 0 Å². The molecule has 2 N–H and O–H groups in total. The van der Waals surface area contributed by atoms with E-state index in [4.69, 9.17) is 9.47 Å². The third-order valence-electron chi connectivity index (χ3n) is 5.04. The zero-order valence-corrected chi connectivity index (χ0v) is 15.8. The average molecular weight is 381 g/mol. The number of carboxylic acids is 1. The van der Waals surface area contributed by atoms with Crippen LogP contribution in [-0.2, 0) is 4.74 Å². The Morgan fingerprint density at radius 3 is 2.71 bits per heavy atom. The van der Waals surface area contributed by atoms with Crippen LogP contribution in [0.15, 0.2) is 36.4 Å². The fourth-order valence-corrected chi connectivity index (χ4v) is 3.46. The maximum Gasteiger partial charge on any atom is 0.357 e. The number of fused-ring (bicyclic) bond motifs is 1. The number of aromatic nitrogens is 2. The van der Waals surface area contributed by atoms with E-state index in [-0.39, 0.29) is 5.69 Å². The molecule has 7 heteroatoms. The Bertz CT molecular complexity index is 992. The lowest BCUT2D eigenvalue weighted by molar-refractivity contribution is 0.0322. The molecule has 146 valence electrons. The molecule has 0 amide bonds. The Kier molecular flexibility index (Phi) is 5.27. The quantitative estimate of drug-likeness (QED) is 0.683. The summed E-state index contributed by atoms with van der Waals surface area (Å²) in [6, 6.07) is 11.7. The standard InChI is InChI=1S/C21H23N3O4/c1-14-12-15(3-5-19(14)28-11-8-24-6-9-27-10-7-24)16-2-4-17-18(13-16)22-23-20(17)21(25)26/h2-5,12-13H,6-11H2,1H3,(H,22,23)(H,25,26). The minimum Gasteiger partial charge on any atom is -0.492 e. The second kappa shape index (κ2) is 8.00. The first-order valence-corrected chi connectivity index (χ1v) is 9.37. The van der Waals surface area contributed by atoms with Gasteiger partial charge in [-0.3, -0.25) is 10.00 Å². The highest BCUT2D eigenvalue weighted by Gasteiger charge is 2.14. The molecule has 1 saturated heterocycles. The Morgan fingerprint density at radius 1 is 1.21 bits per heavy atom. The molecule has 4 rings (SSSR count). The van der Waals surface area contributed by atoms with Crippen molar-refractivity contribution in [3.63, 3.8) is 0 Å². The van der Waals surface area contributed by atoms with Crippen LogP contribution >= 0.6 is 0 Å². The van der Waals surface area contributed by atoms with E-state index in [1.54, 1.807) is 6.07 Å². The van der Waals surface area contributed by atoms with E-state index >= 15 is 0 Å². The van der Waals surface area contributed by atoms with Gasteiger partial charge in [-0.15, -0.1) is 0 Å². The topological polar surface area (TPSA) is 87.7 Å². The van der Waals surface area contributed by atoms with Crippen molar-refractivity contribution in [2.45, 2.75) is 6.92 Å². The zero-order chi connectivity index (χ0) is 19.5. The largest absolute Gasteiger partial charge is 0.492 e. The number of nitrogens with zero attached hydrogens (tertiary/aromatic N) is 2. The first kappa shape index (κ1) is 18.5. The Morgan fingerprint density at radius 2 is 1.96 bits per heavy atom. The van der Waals surface area contributed by atoms with Gasteiger partial charge in [0.2, 0.25) is 0 Å². The number of aromatic carboxylic acids is 1. The highest BCUT2D eigenvalue weighted by atomic mass is 16.5. The van der Waals surface area contributed by atoms with Crippen LogP contribution in [0.5, 0.6) is 5.75 Å². The summed E-state index contributed by atoms with van der Waals surface area (Å²) in [5, 5.41) is 16.5. The minimum atomic E-state index is -1.03. The molecule has 2 heterocycles. The van der Waals surface area contributed by atoms with E-state index in [1.165, 1.54) is 0 Å². The van der Waals surface area contributed by atoms with Gasteiger partial charge in [-0.2, -0.15) is 5.10 Å².